The Balaban J connectivity index is 2.31. The maximum atomic E-state index is 13.1. The summed E-state index contributed by atoms with van der Waals surface area (Å²) in [5.41, 5.74) is 0.494. The van der Waals surface area contributed by atoms with Crippen molar-refractivity contribution in [1.29, 1.82) is 0 Å². The second-order valence-electron chi connectivity index (χ2n) is 3.09. The molecule has 0 aliphatic carbocycles. The van der Waals surface area contributed by atoms with Gasteiger partial charge in [-0.25, -0.2) is 9.37 Å². The molecule has 4 nitrogen and oxygen atoms in total. The standard InChI is InChI=1S/C10H8FNO3/c11-6-2-1-3-7-10(6)15-8(12-7)4-5-9(13)14/h1-3H,4-5H2,(H,13,14). The number of benzene rings is 1. The molecule has 0 saturated carbocycles. The summed E-state index contributed by atoms with van der Waals surface area (Å²) < 4.78 is 18.2. The van der Waals surface area contributed by atoms with Crippen LogP contribution in [0.25, 0.3) is 11.1 Å². The molecule has 0 unspecified atom stereocenters. The molecule has 2 aromatic rings. The minimum Gasteiger partial charge on any atom is -0.481 e. The largest absolute Gasteiger partial charge is 0.481 e. The first-order valence-electron chi connectivity index (χ1n) is 4.42. The topological polar surface area (TPSA) is 63.3 Å². The SMILES string of the molecule is O=C(O)CCc1nc2cccc(F)c2o1. The molecule has 0 bridgehead atoms. The lowest BCUT2D eigenvalue weighted by atomic mass is 10.3. The summed E-state index contributed by atoms with van der Waals surface area (Å²) in [5, 5.41) is 8.46. The Hall–Kier alpha value is -1.91. The number of nitrogens with zero attached hydrogens (tertiary/aromatic N) is 1. The third kappa shape index (κ3) is 1.96. The summed E-state index contributed by atoms with van der Waals surface area (Å²) in [6.45, 7) is 0. The highest BCUT2D eigenvalue weighted by atomic mass is 19.1. The zero-order valence-corrected chi connectivity index (χ0v) is 7.74. The minimum absolute atomic E-state index is 0.0750. The number of carboxylic acids is 1. The van der Waals surface area contributed by atoms with Crippen molar-refractivity contribution in [3.8, 4) is 0 Å². The maximum Gasteiger partial charge on any atom is 0.303 e. The summed E-state index contributed by atoms with van der Waals surface area (Å²) in [6, 6.07) is 4.42. The molecule has 2 rings (SSSR count). The molecule has 0 fully saturated rings. The van der Waals surface area contributed by atoms with Crippen LogP contribution >= 0.6 is 0 Å². The van der Waals surface area contributed by atoms with E-state index < -0.39 is 11.8 Å². The lowest BCUT2D eigenvalue weighted by molar-refractivity contribution is -0.137. The van der Waals surface area contributed by atoms with E-state index in [4.69, 9.17) is 9.52 Å². The fourth-order valence-corrected chi connectivity index (χ4v) is 1.28. The van der Waals surface area contributed by atoms with E-state index in [1.165, 1.54) is 12.1 Å². The van der Waals surface area contributed by atoms with Gasteiger partial charge in [0.05, 0.1) is 6.42 Å². The van der Waals surface area contributed by atoms with E-state index in [-0.39, 0.29) is 24.3 Å². The number of aryl methyl sites for hydroxylation is 1. The molecule has 0 aliphatic rings. The first-order valence-corrected chi connectivity index (χ1v) is 4.42. The van der Waals surface area contributed by atoms with Crippen molar-refractivity contribution in [3.05, 3.63) is 29.9 Å². The van der Waals surface area contributed by atoms with E-state index in [1.54, 1.807) is 6.07 Å². The number of aliphatic carboxylic acids is 1. The number of oxazole rings is 1. The molecule has 1 aromatic carbocycles. The number of para-hydroxylation sites is 1. The number of halogens is 1. The van der Waals surface area contributed by atoms with Crippen LogP contribution < -0.4 is 0 Å². The molecule has 78 valence electrons. The van der Waals surface area contributed by atoms with Crippen LogP contribution in [-0.4, -0.2) is 16.1 Å². The van der Waals surface area contributed by atoms with Gasteiger partial charge in [-0.2, -0.15) is 0 Å². The second kappa shape index (κ2) is 3.68. The van der Waals surface area contributed by atoms with E-state index in [2.05, 4.69) is 4.98 Å². The second-order valence-corrected chi connectivity index (χ2v) is 3.09. The molecule has 15 heavy (non-hydrogen) atoms. The molecule has 0 amide bonds. The Morgan fingerprint density at radius 3 is 3.00 bits per heavy atom. The van der Waals surface area contributed by atoms with Gasteiger partial charge in [0.25, 0.3) is 0 Å². The lowest BCUT2D eigenvalue weighted by Gasteiger charge is -1.89. The highest BCUT2D eigenvalue weighted by Crippen LogP contribution is 2.19. The van der Waals surface area contributed by atoms with Gasteiger partial charge in [0.15, 0.2) is 17.3 Å². The predicted octanol–water partition coefficient (Wildman–Crippen LogP) is 1.98. The number of hydrogen-bond donors (Lipinski definition) is 1. The van der Waals surface area contributed by atoms with Crippen LogP contribution in [0.2, 0.25) is 0 Å². The molecule has 1 heterocycles. The van der Waals surface area contributed by atoms with Crippen molar-refractivity contribution in [2.75, 3.05) is 0 Å². The Morgan fingerprint density at radius 2 is 2.33 bits per heavy atom. The average Bonchev–Trinajstić information content (AvgIpc) is 2.59. The normalized spacial score (nSPS) is 10.7. The summed E-state index contributed by atoms with van der Waals surface area (Å²) in [5.74, 6) is -1.17. The fourth-order valence-electron chi connectivity index (χ4n) is 1.28. The first kappa shape index (κ1) is 9.64. The Morgan fingerprint density at radius 1 is 1.53 bits per heavy atom. The van der Waals surface area contributed by atoms with Crippen molar-refractivity contribution < 1.29 is 18.7 Å². The number of carbonyl (C=O) groups is 1. The van der Waals surface area contributed by atoms with Crippen LogP contribution in [0.3, 0.4) is 0 Å². The third-order valence-electron chi connectivity index (χ3n) is 1.96. The van der Waals surface area contributed by atoms with E-state index in [9.17, 15) is 9.18 Å². The number of carboxylic acid groups (broad SMARTS) is 1. The molecule has 1 N–H and O–H groups in total. The molecule has 0 aliphatic heterocycles. The Bertz CT molecular complexity index is 506. The van der Waals surface area contributed by atoms with Crippen molar-refractivity contribution in [2.24, 2.45) is 0 Å². The summed E-state index contributed by atoms with van der Waals surface area (Å²) in [4.78, 5) is 14.3. The van der Waals surface area contributed by atoms with Crippen molar-refractivity contribution >= 4 is 17.1 Å². The highest BCUT2D eigenvalue weighted by Gasteiger charge is 2.10. The molecular formula is C10H8FNO3. The van der Waals surface area contributed by atoms with Gasteiger partial charge in [0.1, 0.15) is 5.52 Å². The van der Waals surface area contributed by atoms with Gasteiger partial charge in [0.2, 0.25) is 0 Å². The van der Waals surface area contributed by atoms with Crippen LogP contribution in [0.15, 0.2) is 22.6 Å². The molecular weight excluding hydrogens is 201 g/mol. The van der Waals surface area contributed by atoms with E-state index in [0.717, 1.165) is 0 Å². The van der Waals surface area contributed by atoms with E-state index >= 15 is 0 Å². The van der Waals surface area contributed by atoms with Gasteiger partial charge in [-0.3, -0.25) is 4.79 Å². The zero-order valence-electron chi connectivity index (χ0n) is 7.74. The average molecular weight is 209 g/mol. The molecule has 0 radical (unpaired) electrons. The lowest BCUT2D eigenvalue weighted by Crippen LogP contribution is -1.97. The van der Waals surface area contributed by atoms with Crippen molar-refractivity contribution in [3.63, 3.8) is 0 Å². The van der Waals surface area contributed by atoms with Crippen LogP contribution in [-0.2, 0) is 11.2 Å². The monoisotopic (exact) mass is 209 g/mol. The molecule has 1 aromatic heterocycles. The van der Waals surface area contributed by atoms with Crippen LogP contribution in [0.4, 0.5) is 4.39 Å². The summed E-state index contributed by atoms with van der Waals surface area (Å²) in [6.07, 6.45) is 0.0951. The highest BCUT2D eigenvalue weighted by molar-refractivity contribution is 5.73. The molecule has 5 heteroatoms. The quantitative estimate of drug-likeness (QED) is 0.839. The molecule has 0 atom stereocenters. The van der Waals surface area contributed by atoms with Crippen molar-refractivity contribution in [2.45, 2.75) is 12.8 Å². The first-order chi connectivity index (χ1) is 7.16. The number of aromatic nitrogens is 1. The smallest absolute Gasteiger partial charge is 0.303 e. The van der Waals surface area contributed by atoms with Gasteiger partial charge in [-0.05, 0) is 12.1 Å². The van der Waals surface area contributed by atoms with Crippen LogP contribution in [0.1, 0.15) is 12.3 Å². The fraction of sp³-hybridized carbons (Fsp3) is 0.200. The summed E-state index contributed by atoms with van der Waals surface area (Å²) in [7, 11) is 0. The van der Waals surface area contributed by atoms with Gasteiger partial charge < -0.3 is 9.52 Å². The van der Waals surface area contributed by atoms with Gasteiger partial charge in [-0.15, -0.1) is 0 Å². The van der Waals surface area contributed by atoms with Gasteiger partial charge >= 0.3 is 5.97 Å². The Kier molecular flexibility index (Phi) is 2.37. The summed E-state index contributed by atoms with van der Waals surface area (Å²) >= 11 is 0. The van der Waals surface area contributed by atoms with E-state index in [1.807, 2.05) is 0 Å². The third-order valence-corrected chi connectivity index (χ3v) is 1.96. The van der Waals surface area contributed by atoms with Gasteiger partial charge in [0, 0.05) is 6.42 Å². The van der Waals surface area contributed by atoms with Gasteiger partial charge in [-0.1, -0.05) is 6.07 Å². The van der Waals surface area contributed by atoms with Crippen LogP contribution in [0.5, 0.6) is 0 Å². The zero-order chi connectivity index (χ0) is 10.8. The number of hydrogen-bond acceptors (Lipinski definition) is 3. The maximum absolute atomic E-state index is 13.1. The van der Waals surface area contributed by atoms with Crippen LogP contribution in [0, 0.1) is 5.82 Å². The van der Waals surface area contributed by atoms with Crippen molar-refractivity contribution in [1.82, 2.24) is 4.98 Å². The Labute approximate surface area is 84.3 Å². The number of fused-ring (bicyclic) bond motifs is 1. The molecule has 0 saturated heterocycles. The number of rotatable bonds is 3. The minimum atomic E-state index is -0.933. The van der Waals surface area contributed by atoms with E-state index in [0.29, 0.717) is 5.52 Å². The predicted molar refractivity (Wildman–Crippen MR) is 49.9 cm³/mol. The molecule has 0 spiro atoms.